The van der Waals surface area contributed by atoms with Crippen molar-refractivity contribution in [2.45, 2.75) is 25.3 Å². The average molecular weight is 213 g/mol. The molecule has 2 fully saturated rings. The number of carboxylic acid groups (broad SMARTS) is 1. The summed E-state index contributed by atoms with van der Waals surface area (Å²) >= 11 is 0. The lowest BCUT2D eigenvalue weighted by molar-refractivity contribution is -0.138. The van der Waals surface area contributed by atoms with Gasteiger partial charge < -0.3 is 14.7 Å². The second-order valence-corrected chi connectivity index (χ2v) is 4.75. The summed E-state index contributed by atoms with van der Waals surface area (Å²) in [6, 6.07) is 0.442. The van der Waals surface area contributed by atoms with Gasteiger partial charge in [-0.05, 0) is 32.4 Å². The van der Waals surface area contributed by atoms with Crippen LogP contribution in [0.4, 0.5) is 0 Å². The van der Waals surface area contributed by atoms with E-state index in [0.29, 0.717) is 24.3 Å². The number of likely N-dealkylation sites (tertiary alicyclic amines) is 1. The van der Waals surface area contributed by atoms with Gasteiger partial charge in [0.1, 0.15) is 0 Å². The zero-order valence-electron chi connectivity index (χ0n) is 9.19. The Kier molecular flexibility index (Phi) is 3.26. The van der Waals surface area contributed by atoms with E-state index < -0.39 is 5.97 Å². The van der Waals surface area contributed by atoms with Gasteiger partial charge in [0.25, 0.3) is 0 Å². The first kappa shape index (κ1) is 10.9. The molecule has 0 aliphatic carbocycles. The van der Waals surface area contributed by atoms with Crippen LogP contribution in [0.3, 0.4) is 0 Å². The van der Waals surface area contributed by atoms with Crippen molar-refractivity contribution >= 4 is 5.97 Å². The molecule has 0 aromatic rings. The number of carboxylic acids is 1. The smallest absolute Gasteiger partial charge is 0.303 e. The van der Waals surface area contributed by atoms with Gasteiger partial charge in [0.15, 0.2) is 0 Å². The fraction of sp³-hybridized carbons (Fsp3) is 0.909. The Hall–Kier alpha value is -0.610. The van der Waals surface area contributed by atoms with Gasteiger partial charge in [0.05, 0.1) is 13.2 Å². The molecule has 0 aromatic heterocycles. The SMILES string of the molecule is CN1CCCC(CC(=O)O)C2COCC21. The van der Waals surface area contributed by atoms with E-state index in [1.165, 1.54) is 0 Å². The van der Waals surface area contributed by atoms with Crippen molar-refractivity contribution in [2.75, 3.05) is 26.8 Å². The number of hydrogen-bond donors (Lipinski definition) is 1. The lowest BCUT2D eigenvalue weighted by atomic mass is 9.84. The molecule has 0 radical (unpaired) electrons. The average Bonchev–Trinajstić information content (AvgIpc) is 2.59. The standard InChI is InChI=1S/C11H19NO3/c1-12-4-2-3-8(5-11(13)14)9-6-15-7-10(9)12/h8-10H,2-7H2,1H3,(H,13,14). The van der Waals surface area contributed by atoms with Gasteiger partial charge in [-0.1, -0.05) is 0 Å². The largest absolute Gasteiger partial charge is 0.481 e. The third-order valence-corrected chi connectivity index (χ3v) is 3.79. The highest BCUT2D eigenvalue weighted by atomic mass is 16.5. The summed E-state index contributed by atoms with van der Waals surface area (Å²) in [5, 5.41) is 8.89. The van der Waals surface area contributed by atoms with Crippen LogP contribution in [0, 0.1) is 11.8 Å². The van der Waals surface area contributed by atoms with E-state index in [1.807, 2.05) is 0 Å². The van der Waals surface area contributed by atoms with Gasteiger partial charge in [-0.25, -0.2) is 0 Å². The minimum Gasteiger partial charge on any atom is -0.481 e. The van der Waals surface area contributed by atoms with E-state index in [-0.39, 0.29) is 0 Å². The number of likely N-dealkylation sites (N-methyl/N-ethyl adjacent to an activating group) is 1. The van der Waals surface area contributed by atoms with E-state index >= 15 is 0 Å². The Morgan fingerprint density at radius 1 is 1.53 bits per heavy atom. The predicted octanol–water partition coefficient (Wildman–Crippen LogP) is 0.818. The number of fused-ring (bicyclic) bond motifs is 1. The van der Waals surface area contributed by atoms with E-state index in [9.17, 15) is 4.79 Å². The highest BCUT2D eigenvalue weighted by molar-refractivity contribution is 5.67. The topological polar surface area (TPSA) is 49.8 Å². The first-order chi connectivity index (χ1) is 7.18. The van der Waals surface area contributed by atoms with Crippen LogP contribution in [0.1, 0.15) is 19.3 Å². The zero-order chi connectivity index (χ0) is 10.8. The minimum atomic E-state index is -0.671. The van der Waals surface area contributed by atoms with Crippen molar-refractivity contribution < 1.29 is 14.6 Å². The van der Waals surface area contributed by atoms with Crippen molar-refractivity contribution in [1.82, 2.24) is 4.90 Å². The highest BCUT2D eigenvalue weighted by Gasteiger charge is 2.39. The molecule has 86 valence electrons. The number of nitrogens with zero attached hydrogens (tertiary/aromatic N) is 1. The zero-order valence-corrected chi connectivity index (χ0v) is 9.19. The van der Waals surface area contributed by atoms with Crippen LogP contribution in [-0.2, 0) is 9.53 Å². The summed E-state index contributed by atoms with van der Waals surface area (Å²) in [6.45, 7) is 2.59. The van der Waals surface area contributed by atoms with Gasteiger partial charge in [0.2, 0.25) is 0 Å². The molecule has 0 spiro atoms. The molecule has 0 aromatic carbocycles. The van der Waals surface area contributed by atoms with E-state index in [0.717, 1.165) is 32.6 Å². The van der Waals surface area contributed by atoms with Crippen LogP contribution in [0.5, 0.6) is 0 Å². The Labute approximate surface area is 90.2 Å². The lowest BCUT2D eigenvalue weighted by Gasteiger charge is -2.27. The molecule has 1 N–H and O–H groups in total. The number of aliphatic carboxylic acids is 1. The third-order valence-electron chi connectivity index (χ3n) is 3.79. The molecule has 3 atom stereocenters. The molecule has 3 unspecified atom stereocenters. The van der Waals surface area contributed by atoms with Crippen molar-refractivity contribution in [1.29, 1.82) is 0 Å². The minimum absolute atomic E-state index is 0.304. The Morgan fingerprint density at radius 2 is 2.33 bits per heavy atom. The Morgan fingerprint density at radius 3 is 3.07 bits per heavy atom. The van der Waals surface area contributed by atoms with Crippen molar-refractivity contribution in [3.63, 3.8) is 0 Å². The lowest BCUT2D eigenvalue weighted by Crippen LogP contribution is -2.38. The molecule has 15 heavy (non-hydrogen) atoms. The normalized spacial score (nSPS) is 37.3. The van der Waals surface area contributed by atoms with Gasteiger partial charge in [0, 0.05) is 18.4 Å². The molecule has 2 saturated heterocycles. The number of rotatable bonds is 2. The van der Waals surface area contributed by atoms with Crippen LogP contribution in [0.15, 0.2) is 0 Å². The highest BCUT2D eigenvalue weighted by Crippen LogP contribution is 2.34. The van der Waals surface area contributed by atoms with Crippen LogP contribution < -0.4 is 0 Å². The van der Waals surface area contributed by atoms with Gasteiger partial charge in [-0.3, -0.25) is 4.79 Å². The van der Waals surface area contributed by atoms with Crippen LogP contribution >= 0.6 is 0 Å². The number of hydrogen-bond acceptors (Lipinski definition) is 3. The first-order valence-electron chi connectivity index (χ1n) is 5.68. The second-order valence-electron chi connectivity index (χ2n) is 4.75. The summed E-state index contributed by atoms with van der Waals surface area (Å²) in [5.74, 6) is 0.0590. The van der Waals surface area contributed by atoms with Gasteiger partial charge in [-0.2, -0.15) is 0 Å². The molecule has 4 nitrogen and oxygen atoms in total. The predicted molar refractivity (Wildman–Crippen MR) is 55.7 cm³/mol. The monoisotopic (exact) mass is 213 g/mol. The molecule has 4 heteroatoms. The fourth-order valence-electron chi connectivity index (χ4n) is 2.92. The van der Waals surface area contributed by atoms with E-state index in [2.05, 4.69) is 11.9 Å². The molecule has 0 amide bonds. The third kappa shape index (κ3) is 2.32. The van der Waals surface area contributed by atoms with Crippen LogP contribution in [0.25, 0.3) is 0 Å². The summed E-state index contributed by atoms with van der Waals surface area (Å²) in [6.07, 6.45) is 2.45. The summed E-state index contributed by atoms with van der Waals surface area (Å²) in [4.78, 5) is 13.1. The van der Waals surface area contributed by atoms with Gasteiger partial charge in [-0.15, -0.1) is 0 Å². The molecular formula is C11H19NO3. The van der Waals surface area contributed by atoms with Gasteiger partial charge >= 0.3 is 5.97 Å². The molecule has 0 saturated carbocycles. The maximum Gasteiger partial charge on any atom is 0.303 e. The Bertz CT molecular complexity index is 244. The summed E-state index contributed by atoms with van der Waals surface area (Å²) in [7, 11) is 2.12. The molecular weight excluding hydrogens is 194 g/mol. The quantitative estimate of drug-likeness (QED) is 0.737. The molecule has 2 aliphatic rings. The molecule has 2 aliphatic heterocycles. The summed E-state index contributed by atoms with van der Waals surface area (Å²) < 4.78 is 5.49. The second kappa shape index (κ2) is 4.49. The van der Waals surface area contributed by atoms with Crippen molar-refractivity contribution in [3.8, 4) is 0 Å². The van der Waals surface area contributed by atoms with Crippen molar-refractivity contribution in [2.24, 2.45) is 11.8 Å². The summed E-state index contributed by atoms with van der Waals surface area (Å²) in [5.41, 5.74) is 0. The maximum atomic E-state index is 10.8. The van der Waals surface area contributed by atoms with E-state index in [4.69, 9.17) is 9.84 Å². The first-order valence-corrected chi connectivity index (χ1v) is 5.68. The molecule has 0 bridgehead atoms. The van der Waals surface area contributed by atoms with Crippen LogP contribution in [-0.4, -0.2) is 48.8 Å². The maximum absolute atomic E-state index is 10.8. The molecule has 2 rings (SSSR count). The van der Waals surface area contributed by atoms with Crippen molar-refractivity contribution in [3.05, 3.63) is 0 Å². The molecule has 2 heterocycles. The number of ether oxygens (including phenoxy) is 1. The Balaban J connectivity index is 2.07. The van der Waals surface area contributed by atoms with Crippen LogP contribution in [0.2, 0.25) is 0 Å². The van der Waals surface area contributed by atoms with E-state index in [1.54, 1.807) is 0 Å². The fourth-order valence-corrected chi connectivity index (χ4v) is 2.92. The number of carbonyl (C=O) groups is 1.